The van der Waals surface area contributed by atoms with Crippen LogP contribution in [0.1, 0.15) is 0 Å². The zero-order chi connectivity index (χ0) is 14.8. The second kappa shape index (κ2) is 5.68. The van der Waals surface area contributed by atoms with Crippen molar-refractivity contribution >= 4 is 25.4 Å². The predicted molar refractivity (Wildman–Crippen MR) is 78.1 cm³/mol. The minimum Gasteiger partial charge on any atom is -0.438 e. The second-order valence-corrected chi connectivity index (χ2v) is 6.77. The second-order valence-electron chi connectivity index (χ2n) is 4.24. The Morgan fingerprint density at radius 2 is 1.95 bits per heavy atom. The van der Waals surface area contributed by atoms with E-state index in [-0.39, 0.29) is 10.8 Å². The van der Waals surface area contributed by atoms with E-state index in [4.69, 9.17) is 15.4 Å². The van der Waals surface area contributed by atoms with Gasteiger partial charge in [0.25, 0.3) is 9.05 Å². The average molecular weight is 313 g/mol. The summed E-state index contributed by atoms with van der Waals surface area (Å²) in [7, 11) is 5.24. The highest BCUT2D eigenvalue weighted by atomic mass is 35.7. The molecule has 1 heterocycles. The van der Waals surface area contributed by atoms with E-state index in [1.807, 2.05) is 31.1 Å². The number of anilines is 1. The Balaban J connectivity index is 2.38. The highest BCUT2D eigenvalue weighted by Gasteiger charge is 2.18. The molecule has 0 amide bonds. The molecule has 2 aromatic rings. The summed E-state index contributed by atoms with van der Waals surface area (Å²) in [5.74, 6) is 0.440. The van der Waals surface area contributed by atoms with E-state index in [9.17, 15) is 8.42 Å². The summed E-state index contributed by atoms with van der Waals surface area (Å²) in [6.07, 6.45) is 1.44. The van der Waals surface area contributed by atoms with E-state index in [0.29, 0.717) is 5.75 Å². The van der Waals surface area contributed by atoms with Crippen molar-refractivity contribution in [3.63, 3.8) is 0 Å². The first-order valence-corrected chi connectivity index (χ1v) is 8.04. The SMILES string of the molecule is CN(C)c1cccc(Oc2ncccc2S(=O)(=O)Cl)c1. The smallest absolute Gasteiger partial charge is 0.266 e. The molecule has 7 heteroatoms. The van der Waals surface area contributed by atoms with E-state index in [1.54, 1.807) is 12.1 Å². The van der Waals surface area contributed by atoms with Crippen LogP contribution in [-0.2, 0) is 9.05 Å². The van der Waals surface area contributed by atoms with E-state index >= 15 is 0 Å². The third kappa shape index (κ3) is 3.40. The Morgan fingerprint density at radius 3 is 2.60 bits per heavy atom. The van der Waals surface area contributed by atoms with Crippen molar-refractivity contribution in [2.45, 2.75) is 4.90 Å². The topological polar surface area (TPSA) is 59.5 Å². The lowest BCUT2D eigenvalue weighted by atomic mass is 10.3. The maximum atomic E-state index is 11.5. The maximum Gasteiger partial charge on any atom is 0.266 e. The van der Waals surface area contributed by atoms with E-state index in [0.717, 1.165) is 5.69 Å². The number of ether oxygens (including phenoxy) is 1. The first-order chi connectivity index (χ1) is 9.38. The predicted octanol–water partition coefficient (Wildman–Crippen LogP) is 2.87. The Hall–Kier alpha value is -1.79. The normalized spacial score (nSPS) is 11.2. The molecule has 0 saturated carbocycles. The Kier molecular flexibility index (Phi) is 4.15. The number of rotatable bonds is 4. The Morgan fingerprint density at radius 1 is 1.20 bits per heavy atom. The molecular weight excluding hydrogens is 300 g/mol. The van der Waals surface area contributed by atoms with Gasteiger partial charge in [0.15, 0.2) is 0 Å². The van der Waals surface area contributed by atoms with E-state index in [2.05, 4.69) is 4.98 Å². The minimum atomic E-state index is -3.91. The zero-order valence-corrected chi connectivity index (χ0v) is 12.5. The summed E-state index contributed by atoms with van der Waals surface area (Å²) >= 11 is 0. The zero-order valence-electron chi connectivity index (χ0n) is 10.9. The number of pyridine rings is 1. The van der Waals surface area contributed by atoms with Gasteiger partial charge in [-0.1, -0.05) is 6.07 Å². The van der Waals surface area contributed by atoms with Crippen LogP contribution in [0.5, 0.6) is 11.6 Å². The van der Waals surface area contributed by atoms with Crippen LogP contribution >= 0.6 is 10.7 Å². The molecule has 5 nitrogen and oxygen atoms in total. The maximum absolute atomic E-state index is 11.5. The van der Waals surface area contributed by atoms with Crippen molar-refractivity contribution in [3.8, 4) is 11.6 Å². The van der Waals surface area contributed by atoms with Gasteiger partial charge in [0.05, 0.1) is 0 Å². The lowest BCUT2D eigenvalue weighted by Gasteiger charge is -2.14. The van der Waals surface area contributed by atoms with Crippen LogP contribution in [0.3, 0.4) is 0 Å². The Labute approximate surface area is 122 Å². The first kappa shape index (κ1) is 14.6. The monoisotopic (exact) mass is 312 g/mol. The minimum absolute atomic E-state index is 0.0431. The first-order valence-electron chi connectivity index (χ1n) is 5.73. The fourth-order valence-corrected chi connectivity index (χ4v) is 2.47. The highest BCUT2D eigenvalue weighted by Crippen LogP contribution is 2.30. The average Bonchev–Trinajstić information content (AvgIpc) is 2.38. The van der Waals surface area contributed by atoms with Gasteiger partial charge in [0.2, 0.25) is 5.88 Å². The number of halogens is 1. The largest absolute Gasteiger partial charge is 0.438 e. The molecule has 20 heavy (non-hydrogen) atoms. The molecule has 0 aliphatic carbocycles. The number of hydrogen-bond donors (Lipinski definition) is 0. The molecular formula is C13H13ClN2O3S. The van der Waals surface area contributed by atoms with Crippen LogP contribution < -0.4 is 9.64 Å². The molecule has 0 aliphatic rings. The lowest BCUT2D eigenvalue weighted by molar-refractivity contribution is 0.448. The van der Waals surface area contributed by atoms with Crippen molar-refractivity contribution < 1.29 is 13.2 Å². The quantitative estimate of drug-likeness (QED) is 0.812. The molecule has 0 bridgehead atoms. The Bertz CT molecular complexity index is 717. The van der Waals surface area contributed by atoms with Gasteiger partial charge in [-0.25, -0.2) is 13.4 Å². The van der Waals surface area contributed by atoms with Crippen LogP contribution in [0, 0.1) is 0 Å². The summed E-state index contributed by atoms with van der Waals surface area (Å²) in [6, 6.07) is 10.0. The fourth-order valence-electron chi connectivity index (χ4n) is 1.58. The number of nitrogens with zero attached hydrogens (tertiary/aromatic N) is 2. The number of hydrogen-bond acceptors (Lipinski definition) is 5. The summed E-state index contributed by atoms with van der Waals surface area (Å²) < 4.78 is 28.4. The van der Waals surface area contributed by atoms with Gasteiger partial charge in [0.1, 0.15) is 10.6 Å². The van der Waals surface area contributed by atoms with Gasteiger partial charge >= 0.3 is 0 Å². The van der Waals surface area contributed by atoms with Crippen molar-refractivity contribution in [2.24, 2.45) is 0 Å². The van der Waals surface area contributed by atoms with Crippen molar-refractivity contribution in [1.82, 2.24) is 4.98 Å². The molecule has 0 aliphatic heterocycles. The molecule has 0 fully saturated rings. The summed E-state index contributed by atoms with van der Waals surface area (Å²) in [4.78, 5) is 5.67. The number of benzene rings is 1. The summed E-state index contributed by atoms with van der Waals surface area (Å²) in [5.41, 5.74) is 0.925. The summed E-state index contributed by atoms with van der Waals surface area (Å²) in [6.45, 7) is 0. The van der Waals surface area contributed by atoms with E-state index in [1.165, 1.54) is 18.3 Å². The van der Waals surface area contributed by atoms with Gasteiger partial charge < -0.3 is 9.64 Å². The highest BCUT2D eigenvalue weighted by molar-refractivity contribution is 8.13. The van der Waals surface area contributed by atoms with Crippen molar-refractivity contribution in [3.05, 3.63) is 42.6 Å². The van der Waals surface area contributed by atoms with E-state index < -0.39 is 9.05 Å². The molecule has 0 N–H and O–H groups in total. The lowest BCUT2D eigenvalue weighted by Crippen LogP contribution is -2.08. The van der Waals surface area contributed by atoms with Crippen LogP contribution in [0.15, 0.2) is 47.5 Å². The standard InChI is InChI=1S/C13H13ClN2O3S/c1-16(2)10-5-3-6-11(9-10)19-13-12(20(14,17)18)7-4-8-15-13/h3-9H,1-2H3. The third-order valence-electron chi connectivity index (χ3n) is 2.55. The van der Waals surface area contributed by atoms with Crippen LogP contribution in [0.4, 0.5) is 5.69 Å². The van der Waals surface area contributed by atoms with Crippen molar-refractivity contribution in [2.75, 3.05) is 19.0 Å². The van der Waals surface area contributed by atoms with Gasteiger partial charge in [-0.2, -0.15) is 0 Å². The van der Waals surface area contributed by atoms with Gasteiger partial charge in [-0.15, -0.1) is 0 Å². The molecule has 1 aromatic heterocycles. The molecule has 0 saturated heterocycles. The third-order valence-corrected chi connectivity index (χ3v) is 3.88. The summed E-state index contributed by atoms with van der Waals surface area (Å²) in [5, 5.41) is 0. The van der Waals surface area contributed by atoms with Crippen molar-refractivity contribution in [1.29, 1.82) is 0 Å². The van der Waals surface area contributed by atoms with Gasteiger partial charge in [-0.3, -0.25) is 0 Å². The molecule has 0 atom stereocenters. The van der Waals surface area contributed by atoms with Gasteiger partial charge in [0, 0.05) is 42.7 Å². The molecule has 0 spiro atoms. The molecule has 106 valence electrons. The van der Waals surface area contributed by atoms with Gasteiger partial charge in [-0.05, 0) is 24.3 Å². The number of aromatic nitrogens is 1. The van der Waals surface area contributed by atoms with Crippen LogP contribution in [0.25, 0.3) is 0 Å². The molecule has 1 aromatic carbocycles. The molecule has 0 unspecified atom stereocenters. The fraction of sp³-hybridized carbons (Fsp3) is 0.154. The van der Waals surface area contributed by atoms with Crippen LogP contribution in [-0.4, -0.2) is 27.5 Å². The molecule has 2 rings (SSSR count). The molecule has 0 radical (unpaired) electrons. The van der Waals surface area contributed by atoms with Crippen LogP contribution in [0.2, 0.25) is 0 Å².